The molecule has 1 aromatic heterocycles. The number of para-hydroxylation sites is 1. The molecule has 0 unspecified atom stereocenters. The van der Waals surface area contributed by atoms with Gasteiger partial charge in [0.25, 0.3) is 0 Å². The van der Waals surface area contributed by atoms with Crippen molar-refractivity contribution in [3.63, 3.8) is 0 Å². The van der Waals surface area contributed by atoms with Gasteiger partial charge in [0.2, 0.25) is 0 Å². The third kappa shape index (κ3) is 2.18. The van der Waals surface area contributed by atoms with Gasteiger partial charge >= 0.3 is 5.97 Å². The molecule has 0 aliphatic carbocycles. The van der Waals surface area contributed by atoms with Crippen LogP contribution in [0.25, 0.3) is 10.9 Å². The van der Waals surface area contributed by atoms with Crippen molar-refractivity contribution in [2.75, 3.05) is 7.11 Å². The highest BCUT2D eigenvalue weighted by Gasteiger charge is 2.13. The molecule has 0 saturated carbocycles. The van der Waals surface area contributed by atoms with Gasteiger partial charge in [-0.2, -0.15) is 0 Å². The predicted molar refractivity (Wildman–Crippen MR) is 68.5 cm³/mol. The SMILES string of the molecule is COC(=O)/C=C/C(=O)c1c(C)[nH]c2ccccc12. The molecule has 2 aromatic rings. The lowest BCUT2D eigenvalue weighted by Gasteiger charge is -1.95. The molecule has 2 rings (SSSR count). The highest BCUT2D eigenvalue weighted by molar-refractivity contribution is 6.15. The largest absolute Gasteiger partial charge is 0.466 e. The maximum absolute atomic E-state index is 12.0. The Bertz CT molecular complexity index is 638. The third-order valence-corrected chi connectivity index (χ3v) is 2.71. The molecule has 0 atom stereocenters. The van der Waals surface area contributed by atoms with Crippen LogP contribution in [0, 0.1) is 6.92 Å². The number of H-pyrrole nitrogens is 1. The van der Waals surface area contributed by atoms with Crippen LogP contribution in [0.15, 0.2) is 36.4 Å². The van der Waals surface area contributed by atoms with Gasteiger partial charge < -0.3 is 9.72 Å². The molecular weight excluding hydrogens is 230 g/mol. The summed E-state index contributed by atoms with van der Waals surface area (Å²) < 4.78 is 4.45. The van der Waals surface area contributed by atoms with Crippen LogP contribution in [0.1, 0.15) is 16.1 Å². The van der Waals surface area contributed by atoms with E-state index in [1.165, 1.54) is 13.2 Å². The lowest BCUT2D eigenvalue weighted by atomic mass is 10.1. The van der Waals surface area contributed by atoms with E-state index in [0.717, 1.165) is 22.7 Å². The second-order valence-corrected chi connectivity index (χ2v) is 3.89. The number of hydrogen-bond donors (Lipinski definition) is 1. The van der Waals surface area contributed by atoms with Gasteiger partial charge in [-0.3, -0.25) is 4.79 Å². The van der Waals surface area contributed by atoms with E-state index in [2.05, 4.69) is 9.72 Å². The summed E-state index contributed by atoms with van der Waals surface area (Å²) >= 11 is 0. The van der Waals surface area contributed by atoms with E-state index < -0.39 is 5.97 Å². The van der Waals surface area contributed by atoms with E-state index in [4.69, 9.17) is 0 Å². The first kappa shape index (κ1) is 12.1. The lowest BCUT2D eigenvalue weighted by Crippen LogP contribution is -1.99. The highest BCUT2D eigenvalue weighted by Crippen LogP contribution is 2.22. The van der Waals surface area contributed by atoms with Gasteiger partial charge in [-0.25, -0.2) is 4.79 Å². The van der Waals surface area contributed by atoms with Crippen molar-refractivity contribution in [1.82, 2.24) is 4.98 Å². The number of carbonyl (C=O) groups is 2. The lowest BCUT2D eigenvalue weighted by molar-refractivity contribution is -0.134. The third-order valence-electron chi connectivity index (χ3n) is 2.71. The molecule has 1 N–H and O–H groups in total. The van der Waals surface area contributed by atoms with Crippen molar-refractivity contribution < 1.29 is 14.3 Å². The zero-order chi connectivity index (χ0) is 13.1. The van der Waals surface area contributed by atoms with Crippen LogP contribution in [-0.2, 0) is 9.53 Å². The molecule has 0 radical (unpaired) electrons. The van der Waals surface area contributed by atoms with E-state index in [1.807, 2.05) is 31.2 Å². The van der Waals surface area contributed by atoms with Crippen LogP contribution in [0.2, 0.25) is 0 Å². The molecule has 18 heavy (non-hydrogen) atoms. The summed E-state index contributed by atoms with van der Waals surface area (Å²) in [6, 6.07) is 7.55. The molecule has 1 heterocycles. The molecule has 0 spiro atoms. The van der Waals surface area contributed by atoms with Gasteiger partial charge in [-0.05, 0) is 19.1 Å². The number of aromatic amines is 1. The molecule has 0 aliphatic heterocycles. The van der Waals surface area contributed by atoms with Gasteiger partial charge in [0.15, 0.2) is 5.78 Å². The number of allylic oxidation sites excluding steroid dienone is 1. The number of benzene rings is 1. The van der Waals surface area contributed by atoms with E-state index in [-0.39, 0.29) is 5.78 Å². The molecule has 0 fully saturated rings. The number of aryl methyl sites for hydroxylation is 1. The Kier molecular flexibility index (Phi) is 3.28. The quantitative estimate of drug-likeness (QED) is 0.511. The highest BCUT2D eigenvalue weighted by atomic mass is 16.5. The van der Waals surface area contributed by atoms with Crippen LogP contribution in [-0.4, -0.2) is 23.8 Å². The van der Waals surface area contributed by atoms with E-state index in [1.54, 1.807) is 0 Å². The minimum atomic E-state index is -0.541. The number of hydrogen-bond acceptors (Lipinski definition) is 3. The Hall–Kier alpha value is -2.36. The van der Waals surface area contributed by atoms with Crippen molar-refractivity contribution in [1.29, 1.82) is 0 Å². The molecule has 0 aliphatic rings. The van der Waals surface area contributed by atoms with Crippen LogP contribution >= 0.6 is 0 Å². The summed E-state index contributed by atoms with van der Waals surface area (Å²) in [6.07, 6.45) is 2.36. The number of methoxy groups -OCH3 is 1. The fraction of sp³-hybridized carbons (Fsp3) is 0.143. The van der Waals surface area contributed by atoms with Crippen LogP contribution in [0.4, 0.5) is 0 Å². The second kappa shape index (κ2) is 4.87. The molecule has 0 bridgehead atoms. The second-order valence-electron chi connectivity index (χ2n) is 3.89. The number of carbonyl (C=O) groups excluding carboxylic acids is 2. The molecular formula is C14H13NO3. The molecule has 0 saturated heterocycles. The maximum atomic E-state index is 12.0. The Morgan fingerprint density at radius 3 is 2.67 bits per heavy atom. The Morgan fingerprint density at radius 2 is 1.94 bits per heavy atom. The number of ketones is 1. The Morgan fingerprint density at radius 1 is 1.22 bits per heavy atom. The van der Waals surface area contributed by atoms with Crippen molar-refractivity contribution in [2.45, 2.75) is 6.92 Å². The normalized spacial score (nSPS) is 11.0. The first-order valence-corrected chi connectivity index (χ1v) is 5.51. The maximum Gasteiger partial charge on any atom is 0.330 e. The Balaban J connectivity index is 2.42. The van der Waals surface area contributed by atoms with Gasteiger partial charge in [-0.1, -0.05) is 18.2 Å². The standard InChI is InChI=1S/C14H13NO3/c1-9-14(12(16)7-8-13(17)18-2)10-5-3-4-6-11(10)15-9/h3-8,15H,1-2H3/b8-7+. The summed E-state index contributed by atoms with van der Waals surface area (Å²) in [7, 11) is 1.27. The Labute approximate surface area is 104 Å². The fourth-order valence-electron chi connectivity index (χ4n) is 1.89. The molecule has 92 valence electrons. The van der Waals surface area contributed by atoms with Crippen molar-refractivity contribution in [3.05, 3.63) is 47.7 Å². The summed E-state index contributed by atoms with van der Waals surface area (Å²) in [4.78, 5) is 26.2. The molecule has 1 aromatic carbocycles. The van der Waals surface area contributed by atoms with Crippen molar-refractivity contribution in [2.24, 2.45) is 0 Å². The van der Waals surface area contributed by atoms with Crippen LogP contribution in [0.5, 0.6) is 0 Å². The topological polar surface area (TPSA) is 59.2 Å². The summed E-state index contributed by atoms with van der Waals surface area (Å²) in [5.41, 5.74) is 2.28. The van der Waals surface area contributed by atoms with Gasteiger partial charge in [0, 0.05) is 22.7 Å². The minimum Gasteiger partial charge on any atom is -0.466 e. The predicted octanol–water partition coefficient (Wildman–Crippen LogP) is 2.39. The molecule has 4 heteroatoms. The number of fused-ring (bicyclic) bond motifs is 1. The summed E-state index contributed by atoms with van der Waals surface area (Å²) in [5.74, 6) is -0.754. The number of nitrogens with one attached hydrogen (secondary N) is 1. The monoisotopic (exact) mass is 243 g/mol. The first-order valence-electron chi connectivity index (χ1n) is 5.51. The summed E-state index contributed by atoms with van der Waals surface area (Å²) in [6.45, 7) is 1.83. The van der Waals surface area contributed by atoms with E-state index >= 15 is 0 Å². The van der Waals surface area contributed by atoms with Crippen molar-refractivity contribution in [3.8, 4) is 0 Å². The summed E-state index contributed by atoms with van der Waals surface area (Å²) in [5, 5.41) is 0.856. The zero-order valence-corrected chi connectivity index (χ0v) is 10.2. The zero-order valence-electron chi connectivity index (χ0n) is 10.2. The first-order chi connectivity index (χ1) is 8.63. The number of aromatic nitrogens is 1. The average molecular weight is 243 g/mol. The van der Waals surface area contributed by atoms with Crippen LogP contribution < -0.4 is 0 Å². The van der Waals surface area contributed by atoms with Gasteiger partial charge in [0.05, 0.1) is 12.7 Å². The van der Waals surface area contributed by atoms with E-state index in [0.29, 0.717) is 5.56 Å². The van der Waals surface area contributed by atoms with Crippen LogP contribution in [0.3, 0.4) is 0 Å². The molecule has 0 amide bonds. The number of ether oxygens (including phenoxy) is 1. The van der Waals surface area contributed by atoms with Crippen molar-refractivity contribution >= 4 is 22.7 Å². The van der Waals surface area contributed by atoms with Gasteiger partial charge in [0.1, 0.15) is 0 Å². The van der Waals surface area contributed by atoms with Gasteiger partial charge in [-0.15, -0.1) is 0 Å². The fourth-order valence-corrected chi connectivity index (χ4v) is 1.89. The number of rotatable bonds is 3. The molecule has 4 nitrogen and oxygen atoms in total. The smallest absolute Gasteiger partial charge is 0.330 e. The number of esters is 1. The van der Waals surface area contributed by atoms with E-state index in [9.17, 15) is 9.59 Å². The average Bonchev–Trinajstić information content (AvgIpc) is 2.71. The minimum absolute atomic E-state index is 0.213.